The highest BCUT2D eigenvalue weighted by Gasteiger charge is 2.39. The molecular weight excluding hydrogens is 164 g/mol. The summed E-state index contributed by atoms with van der Waals surface area (Å²) >= 11 is 0. The molecule has 1 amide bonds. The fourth-order valence-electron chi connectivity index (χ4n) is 2.19. The lowest BCUT2D eigenvalue weighted by Crippen LogP contribution is -2.35. The molecular formula is C10H18N2O. The van der Waals surface area contributed by atoms with E-state index >= 15 is 0 Å². The van der Waals surface area contributed by atoms with Crippen LogP contribution in [0.25, 0.3) is 0 Å². The van der Waals surface area contributed by atoms with Crippen molar-refractivity contribution in [1.29, 1.82) is 0 Å². The van der Waals surface area contributed by atoms with Gasteiger partial charge in [-0.05, 0) is 38.6 Å². The van der Waals surface area contributed by atoms with Gasteiger partial charge in [-0.1, -0.05) is 0 Å². The summed E-state index contributed by atoms with van der Waals surface area (Å²) in [7, 11) is 0. The van der Waals surface area contributed by atoms with Crippen molar-refractivity contribution in [2.45, 2.75) is 32.2 Å². The number of hydrogen-bond donors (Lipinski definition) is 1. The van der Waals surface area contributed by atoms with Gasteiger partial charge in [0.1, 0.15) is 0 Å². The van der Waals surface area contributed by atoms with Crippen molar-refractivity contribution in [1.82, 2.24) is 4.90 Å². The Balaban J connectivity index is 1.95. The average molecular weight is 182 g/mol. The Morgan fingerprint density at radius 2 is 2.23 bits per heavy atom. The summed E-state index contributed by atoms with van der Waals surface area (Å²) in [5.41, 5.74) is 5.61. The number of carbonyl (C=O) groups excluding carboxylic acids is 1. The predicted molar refractivity (Wildman–Crippen MR) is 51.1 cm³/mol. The van der Waals surface area contributed by atoms with E-state index in [9.17, 15) is 4.79 Å². The second-order valence-electron chi connectivity index (χ2n) is 4.45. The van der Waals surface area contributed by atoms with Gasteiger partial charge in [-0.2, -0.15) is 0 Å². The maximum absolute atomic E-state index is 11.8. The number of nitrogens with two attached hydrogens (primary N) is 1. The van der Waals surface area contributed by atoms with Crippen molar-refractivity contribution in [3.63, 3.8) is 0 Å². The lowest BCUT2D eigenvalue weighted by atomic mass is 10.1. The Morgan fingerprint density at radius 1 is 1.54 bits per heavy atom. The molecule has 0 aromatic carbocycles. The number of amides is 1. The van der Waals surface area contributed by atoms with Crippen molar-refractivity contribution < 1.29 is 4.79 Å². The van der Waals surface area contributed by atoms with Crippen molar-refractivity contribution >= 4 is 5.91 Å². The molecule has 2 atom stereocenters. The van der Waals surface area contributed by atoms with Gasteiger partial charge in [-0.3, -0.25) is 4.79 Å². The highest BCUT2D eigenvalue weighted by atomic mass is 16.2. The fourth-order valence-corrected chi connectivity index (χ4v) is 2.19. The molecule has 2 N–H and O–H groups in total. The monoisotopic (exact) mass is 182 g/mol. The molecule has 1 heterocycles. The second-order valence-corrected chi connectivity index (χ2v) is 4.45. The largest absolute Gasteiger partial charge is 0.339 e. The van der Waals surface area contributed by atoms with Crippen LogP contribution in [0, 0.1) is 11.8 Å². The van der Waals surface area contributed by atoms with Gasteiger partial charge in [0.2, 0.25) is 5.91 Å². The Bertz CT molecular complexity index is 213. The van der Waals surface area contributed by atoms with Gasteiger partial charge >= 0.3 is 0 Å². The van der Waals surface area contributed by atoms with Crippen LogP contribution in [0.5, 0.6) is 0 Å². The molecule has 0 radical (unpaired) electrons. The molecule has 2 rings (SSSR count). The van der Waals surface area contributed by atoms with Crippen LogP contribution in [0.15, 0.2) is 0 Å². The molecule has 2 aliphatic rings. The van der Waals surface area contributed by atoms with Gasteiger partial charge in [0.15, 0.2) is 0 Å². The zero-order valence-electron chi connectivity index (χ0n) is 8.20. The van der Waals surface area contributed by atoms with Crippen molar-refractivity contribution in [2.75, 3.05) is 13.1 Å². The quantitative estimate of drug-likeness (QED) is 0.679. The Kier molecular flexibility index (Phi) is 2.28. The minimum Gasteiger partial charge on any atom is -0.339 e. The number of nitrogens with zero attached hydrogens (tertiary/aromatic N) is 1. The molecule has 74 valence electrons. The smallest absolute Gasteiger partial charge is 0.225 e. The first-order chi connectivity index (χ1) is 6.22. The lowest BCUT2D eigenvalue weighted by molar-refractivity contribution is -0.133. The summed E-state index contributed by atoms with van der Waals surface area (Å²) < 4.78 is 0. The molecule has 1 aliphatic carbocycles. The van der Waals surface area contributed by atoms with Crippen molar-refractivity contribution in [3.8, 4) is 0 Å². The molecule has 0 spiro atoms. The highest BCUT2D eigenvalue weighted by Crippen LogP contribution is 2.34. The van der Waals surface area contributed by atoms with E-state index in [1.165, 1.54) is 0 Å². The number of likely N-dealkylation sites (tertiary alicyclic amines) is 1. The fraction of sp³-hybridized carbons (Fsp3) is 0.900. The first-order valence-electron chi connectivity index (χ1n) is 5.23. The topological polar surface area (TPSA) is 46.3 Å². The summed E-state index contributed by atoms with van der Waals surface area (Å²) in [5, 5.41) is 0. The summed E-state index contributed by atoms with van der Waals surface area (Å²) in [5.74, 6) is 1.28. The summed E-state index contributed by atoms with van der Waals surface area (Å²) in [6, 6.07) is 0.418. The maximum atomic E-state index is 11.8. The van der Waals surface area contributed by atoms with Gasteiger partial charge < -0.3 is 10.6 Å². The van der Waals surface area contributed by atoms with Crippen LogP contribution in [0.4, 0.5) is 0 Å². The molecule has 0 bridgehead atoms. The van der Waals surface area contributed by atoms with E-state index in [4.69, 9.17) is 5.73 Å². The van der Waals surface area contributed by atoms with Crippen LogP contribution in [-0.4, -0.2) is 29.9 Å². The van der Waals surface area contributed by atoms with Crippen LogP contribution in [0.2, 0.25) is 0 Å². The highest BCUT2D eigenvalue weighted by molar-refractivity contribution is 5.81. The number of carbonyl (C=O) groups is 1. The zero-order valence-corrected chi connectivity index (χ0v) is 8.20. The van der Waals surface area contributed by atoms with Gasteiger partial charge in [0.25, 0.3) is 0 Å². The third-order valence-electron chi connectivity index (χ3n) is 3.20. The molecule has 2 fully saturated rings. The molecule has 0 aromatic rings. The maximum Gasteiger partial charge on any atom is 0.225 e. The first kappa shape index (κ1) is 9.00. The molecule has 2 unspecified atom stereocenters. The molecule has 3 heteroatoms. The molecule has 13 heavy (non-hydrogen) atoms. The van der Waals surface area contributed by atoms with E-state index < -0.39 is 0 Å². The summed E-state index contributed by atoms with van der Waals surface area (Å²) in [6.07, 6.45) is 3.31. The van der Waals surface area contributed by atoms with Crippen LogP contribution >= 0.6 is 0 Å². The molecule has 1 aliphatic heterocycles. The van der Waals surface area contributed by atoms with Crippen LogP contribution in [0.3, 0.4) is 0 Å². The number of rotatable bonds is 2. The van der Waals surface area contributed by atoms with E-state index in [0.29, 0.717) is 23.8 Å². The zero-order chi connectivity index (χ0) is 9.42. The molecule has 0 aromatic heterocycles. The Hall–Kier alpha value is -0.570. The van der Waals surface area contributed by atoms with E-state index in [1.807, 2.05) is 4.90 Å². The van der Waals surface area contributed by atoms with Crippen LogP contribution in [-0.2, 0) is 4.79 Å². The van der Waals surface area contributed by atoms with Gasteiger partial charge in [0, 0.05) is 18.5 Å². The number of hydrogen-bond acceptors (Lipinski definition) is 2. The molecule has 1 saturated heterocycles. The van der Waals surface area contributed by atoms with E-state index in [-0.39, 0.29) is 0 Å². The minimum atomic E-state index is 0.360. The van der Waals surface area contributed by atoms with Gasteiger partial charge in [0.05, 0.1) is 0 Å². The second kappa shape index (κ2) is 3.29. The Morgan fingerprint density at radius 3 is 2.69 bits per heavy atom. The third kappa shape index (κ3) is 1.70. The molecule has 3 nitrogen and oxygen atoms in total. The van der Waals surface area contributed by atoms with Crippen LogP contribution in [0.1, 0.15) is 26.2 Å². The van der Waals surface area contributed by atoms with Crippen LogP contribution < -0.4 is 5.73 Å². The Labute approximate surface area is 79.3 Å². The summed E-state index contributed by atoms with van der Waals surface area (Å²) in [4.78, 5) is 13.8. The normalized spacial score (nSPS) is 33.8. The minimum absolute atomic E-state index is 0.360. The summed E-state index contributed by atoms with van der Waals surface area (Å²) in [6.45, 7) is 3.75. The third-order valence-corrected chi connectivity index (χ3v) is 3.20. The van der Waals surface area contributed by atoms with Crippen molar-refractivity contribution in [2.24, 2.45) is 17.6 Å². The average Bonchev–Trinajstić information content (AvgIpc) is 2.89. The van der Waals surface area contributed by atoms with E-state index in [1.54, 1.807) is 0 Å². The standard InChI is InChI=1S/C10H18N2O/c1-7-4-8(5-11)6-12(7)10(13)9-2-3-9/h7-9H,2-6,11H2,1H3. The lowest BCUT2D eigenvalue weighted by Gasteiger charge is -2.21. The van der Waals surface area contributed by atoms with E-state index in [0.717, 1.165) is 32.4 Å². The van der Waals surface area contributed by atoms with E-state index in [2.05, 4.69) is 6.92 Å². The SMILES string of the molecule is CC1CC(CN)CN1C(=O)C1CC1. The predicted octanol–water partition coefficient (Wildman–Crippen LogP) is 0.592. The first-order valence-corrected chi connectivity index (χ1v) is 5.23. The van der Waals surface area contributed by atoms with Crippen molar-refractivity contribution in [3.05, 3.63) is 0 Å². The molecule has 1 saturated carbocycles. The van der Waals surface area contributed by atoms with Gasteiger partial charge in [-0.25, -0.2) is 0 Å². The van der Waals surface area contributed by atoms with Gasteiger partial charge in [-0.15, -0.1) is 0 Å².